The molecule has 0 aliphatic carbocycles. The Bertz CT molecular complexity index is 1210. The number of likely N-dealkylation sites (tertiary alicyclic amines) is 1. The summed E-state index contributed by atoms with van der Waals surface area (Å²) in [7, 11) is 0. The lowest BCUT2D eigenvalue weighted by Gasteiger charge is -2.29. The SMILES string of the molecule is CC(C)CC(N)C(=O)NC(CCC(N)=O)C(=O)NC(Cc1c[nH]c2ccccc12)C(=O)N1CCCC1C(=O)O. The number of carboxylic acid groups (broad SMARTS) is 1. The van der Waals surface area contributed by atoms with E-state index in [9.17, 15) is 29.1 Å². The number of hydrogen-bond acceptors (Lipinski definition) is 6. The molecule has 1 aliphatic rings. The van der Waals surface area contributed by atoms with Gasteiger partial charge >= 0.3 is 5.97 Å². The molecule has 1 saturated heterocycles. The quantitative estimate of drug-likeness (QED) is 0.210. The van der Waals surface area contributed by atoms with E-state index in [0.29, 0.717) is 19.3 Å². The summed E-state index contributed by atoms with van der Waals surface area (Å²) in [4.78, 5) is 67.5. The Morgan fingerprint density at radius 2 is 1.79 bits per heavy atom. The first-order valence-corrected chi connectivity index (χ1v) is 13.2. The Labute approximate surface area is 226 Å². The van der Waals surface area contributed by atoms with Crippen LogP contribution in [0.5, 0.6) is 0 Å². The summed E-state index contributed by atoms with van der Waals surface area (Å²) >= 11 is 0. The topological polar surface area (TPSA) is 201 Å². The number of aliphatic carboxylic acids is 1. The fourth-order valence-electron chi connectivity index (χ4n) is 4.93. The van der Waals surface area contributed by atoms with E-state index < -0.39 is 53.8 Å². The molecule has 3 rings (SSSR count). The third-order valence-corrected chi connectivity index (χ3v) is 6.91. The van der Waals surface area contributed by atoms with E-state index in [2.05, 4.69) is 15.6 Å². The minimum absolute atomic E-state index is 0.0841. The van der Waals surface area contributed by atoms with Gasteiger partial charge < -0.3 is 37.1 Å². The molecule has 212 valence electrons. The van der Waals surface area contributed by atoms with Gasteiger partial charge in [0.05, 0.1) is 6.04 Å². The number of nitrogens with zero attached hydrogens (tertiary/aromatic N) is 1. The van der Waals surface area contributed by atoms with Crippen molar-refractivity contribution < 1.29 is 29.1 Å². The summed E-state index contributed by atoms with van der Waals surface area (Å²) in [5, 5.41) is 15.8. The molecule has 2 heterocycles. The number of nitrogens with one attached hydrogen (secondary N) is 3. The summed E-state index contributed by atoms with van der Waals surface area (Å²) in [6.07, 6.45) is 2.81. The second-order valence-corrected chi connectivity index (χ2v) is 10.5. The van der Waals surface area contributed by atoms with Gasteiger partial charge in [-0.15, -0.1) is 0 Å². The van der Waals surface area contributed by atoms with Crippen molar-refractivity contribution in [1.82, 2.24) is 20.5 Å². The number of hydrogen-bond donors (Lipinski definition) is 6. The van der Waals surface area contributed by atoms with E-state index in [-0.39, 0.29) is 31.7 Å². The number of primary amides is 1. The highest BCUT2D eigenvalue weighted by Gasteiger charge is 2.38. The Morgan fingerprint density at radius 1 is 1.10 bits per heavy atom. The molecular weight excluding hydrogens is 504 g/mol. The Morgan fingerprint density at radius 3 is 2.46 bits per heavy atom. The first-order chi connectivity index (χ1) is 18.5. The van der Waals surface area contributed by atoms with Crippen LogP contribution in [0.4, 0.5) is 0 Å². The maximum absolute atomic E-state index is 13.7. The molecule has 1 aliphatic heterocycles. The van der Waals surface area contributed by atoms with Crippen LogP contribution in [0.3, 0.4) is 0 Å². The molecule has 0 saturated carbocycles. The average Bonchev–Trinajstić information content (AvgIpc) is 3.53. The molecule has 12 heteroatoms. The van der Waals surface area contributed by atoms with Gasteiger partial charge in [-0.2, -0.15) is 0 Å². The highest BCUT2D eigenvalue weighted by atomic mass is 16.4. The maximum Gasteiger partial charge on any atom is 0.326 e. The van der Waals surface area contributed by atoms with Crippen molar-refractivity contribution in [2.24, 2.45) is 17.4 Å². The van der Waals surface area contributed by atoms with E-state index in [0.717, 1.165) is 16.5 Å². The normalized spacial score (nSPS) is 17.5. The highest BCUT2D eigenvalue weighted by Crippen LogP contribution is 2.23. The molecule has 2 aromatic rings. The van der Waals surface area contributed by atoms with Crippen LogP contribution >= 0.6 is 0 Å². The molecule has 8 N–H and O–H groups in total. The van der Waals surface area contributed by atoms with Crippen molar-refractivity contribution in [2.75, 3.05) is 6.54 Å². The zero-order chi connectivity index (χ0) is 28.7. The number of aromatic nitrogens is 1. The van der Waals surface area contributed by atoms with Gasteiger partial charge in [0.25, 0.3) is 0 Å². The van der Waals surface area contributed by atoms with E-state index in [1.165, 1.54) is 4.90 Å². The molecule has 0 radical (unpaired) electrons. The number of fused-ring (bicyclic) bond motifs is 1. The van der Waals surface area contributed by atoms with Gasteiger partial charge in [0, 0.05) is 36.5 Å². The summed E-state index contributed by atoms with van der Waals surface area (Å²) < 4.78 is 0. The number of aromatic amines is 1. The second kappa shape index (κ2) is 13.2. The summed E-state index contributed by atoms with van der Waals surface area (Å²) in [5.74, 6) is -3.39. The standard InChI is InChI=1S/C27H38N6O6/c1-15(2)12-18(28)24(35)31-20(9-10-23(29)34)25(36)32-21(26(37)33-11-5-8-22(33)27(38)39)13-16-14-30-19-7-4-3-6-17(16)19/h3-4,6-7,14-15,18,20-22,30H,5,8-13,28H2,1-2H3,(H2,29,34)(H,31,35)(H,32,36)(H,38,39). The highest BCUT2D eigenvalue weighted by molar-refractivity contribution is 5.95. The minimum Gasteiger partial charge on any atom is -0.480 e. The van der Waals surface area contributed by atoms with Gasteiger partial charge in [0.2, 0.25) is 23.6 Å². The van der Waals surface area contributed by atoms with Gasteiger partial charge in [-0.1, -0.05) is 32.0 Å². The van der Waals surface area contributed by atoms with Gasteiger partial charge in [-0.3, -0.25) is 19.2 Å². The van der Waals surface area contributed by atoms with Crippen LogP contribution < -0.4 is 22.1 Å². The van der Waals surface area contributed by atoms with Crippen molar-refractivity contribution >= 4 is 40.5 Å². The number of rotatable bonds is 13. The van der Waals surface area contributed by atoms with E-state index >= 15 is 0 Å². The third kappa shape index (κ3) is 7.79. The van der Waals surface area contributed by atoms with Crippen LogP contribution in [0, 0.1) is 5.92 Å². The number of H-pyrrole nitrogens is 1. The van der Waals surface area contributed by atoms with Crippen LogP contribution in [0.1, 0.15) is 51.5 Å². The molecule has 0 spiro atoms. The molecule has 0 bridgehead atoms. The second-order valence-electron chi connectivity index (χ2n) is 10.5. The van der Waals surface area contributed by atoms with Crippen molar-refractivity contribution in [2.45, 2.75) is 76.5 Å². The smallest absolute Gasteiger partial charge is 0.326 e. The lowest BCUT2D eigenvalue weighted by atomic mass is 10.0. The van der Waals surface area contributed by atoms with E-state index in [1.807, 2.05) is 38.1 Å². The number of carboxylic acids is 1. The first-order valence-electron chi connectivity index (χ1n) is 13.2. The van der Waals surface area contributed by atoms with E-state index in [4.69, 9.17) is 11.5 Å². The number of benzene rings is 1. The summed E-state index contributed by atoms with van der Waals surface area (Å²) in [5.41, 5.74) is 12.9. The van der Waals surface area contributed by atoms with Crippen LogP contribution in [0.2, 0.25) is 0 Å². The van der Waals surface area contributed by atoms with Gasteiger partial charge in [-0.25, -0.2) is 4.79 Å². The van der Waals surface area contributed by atoms with Crippen LogP contribution in [-0.4, -0.2) is 75.3 Å². The number of carbonyl (C=O) groups excluding carboxylic acids is 4. The summed E-state index contributed by atoms with van der Waals surface area (Å²) in [6.45, 7) is 4.07. The number of amides is 4. The number of para-hydroxylation sites is 1. The molecule has 12 nitrogen and oxygen atoms in total. The van der Waals surface area contributed by atoms with Crippen LogP contribution in [0.25, 0.3) is 10.9 Å². The molecule has 4 unspecified atom stereocenters. The van der Waals surface area contributed by atoms with Crippen LogP contribution in [-0.2, 0) is 30.4 Å². The fraction of sp³-hybridized carbons (Fsp3) is 0.519. The molecular formula is C27H38N6O6. The monoisotopic (exact) mass is 542 g/mol. The van der Waals surface area contributed by atoms with E-state index in [1.54, 1.807) is 6.20 Å². The predicted molar refractivity (Wildman–Crippen MR) is 144 cm³/mol. The molecule has 4 amide bonds. The van der Waals surface area contributed by atoms with Crippen molar-refractivity contribution in [3.8, 4) is 0 Å². The van der Waals surface area contributed by atoms with Crippen molar-refractivity contribution in [1.29, 1.82) is 0 Å². The Kier molecular flexibility index (Phi) is 10.0. The number of nitrogens with two attached hydrogens (primary N) is 2. The molecule has 1 aromatic carbocycles. The molecule has 1 aromatic heterocycles. The largest absolute Gasteiger partial charge is 0.480 e. The maximum atomic E-state index is 13.7. The Balaban J connectivity index is 1.87. The molecule has 39 heavy (non-hydrogen) atoms. The fourth-order valence-corrected chi connectivity index (χ4v) is 4.93. The predicted octanol–water partition coefficient (Wildman–Crippen LogP) is 0.395. The molecule has 1 fully saturated rings. The van der Waals surface area contributed by atoms with Crippen LogP contribution in [0.15, 0.2) is 30.5 Å². The minimum atomic E-state index is -1.17. The Hall–Kier alpha value is -3.93. The van der Waals surface area contributed by atoms with Gasteiger partial charge in [-0.05, 0) is 43.2 Å². The zero-order valence-electron chi connectivity index (χ0n) is 22.3. The third-order valence-electron chi connectivity index (χ3n) is 6.91. The lowest BCUT2D eigenvalue weighted by Crippen LogP contribution is -2.57. The van der Waals surface area contributed by atoms with Gasteiger partial charge in [0.1, 0.15) is 18.1 Å². The zero-order valence-corrected chi connectivity index (χ0v) is 22.3. The van der Waals surface area contributed by atoms with Crippen molar-refractivity contribution in [3.63, 3.8) is 0 Å². The van der Waals surface area contributed by atoms with Gasteiger partial charge in [0.15, 0.2) is 0 Å². The lowest BCUT2D eigenvalue weighted by molar-refractivity contribution is -0.149. The first kappa shape index (κ1) is 29.6. The molecule has 4 atom stereocenters. The van der Waals surface area contributed by atoms with Crippen molar-refractivity contribution in [3.05, 3.63) is 36.0 Å². The number of carbonyl (C=O) groups is 5. The average molecular weight is 543 g/mol. The summed E-state index contributed by atoms with van der Waals surface area (Å²) in [6, 6.07) is 3.34.